The van der Waals surface area contributed by atoms with Gasteiger partial charge in [0.05, 0.1) is 19.8 Å². The molecule has 0 aliphatic carbocycles. The van der Waals surface area contributed by atoms with Crippen LogP contribution in [0.4, 0.5) is 12.9 Å². The summed E-state index contributed by atoms with van der Waals surface area (Å²) in [6, 6.07) is 5.48. The fourth-order valence-electron chi connectivity index (χ4n) is 1.43. The molecule has 0 aliphatic heterocycles. The van der Waals surface area contributed by atoms with Crippen molar-refractivity contribution in [2.24, 2.45) is 0 Å². The zero-order chi connectivity index (χ0) is 12.7. The molecule has 1 rings (SSSR count). The summed E-state index contributed by atoms with van der Waals surface area (Å²) in [7, 11) is 0. The molecule has 0 saturated carbocycles. The van der Waals surface area contributed by atoms with Gasteiger partial charge in [0.15, 0.2) is 0 Å². The van der Waals surface area contributed by atoms with Gasteiger partial charge in [0, 0.05) is 6.61 Å². The first-order chi connectivity index (χ1) is 8.05. The first-order valence-electron chi connectivity index (χ1n) is 5.49. The van der Waals surface area contributed by atoms with Crippen molar-refractivity contribution in [1.29, 1.82) is 0 Å². The van der Waals surface area contributed by atoms with Gasteiger partial charge < -0.3 is 22.4 Å². The molecule has 7 heteroatoms. The van der Waals surface area contributed by atoms with Crippen molar-refractivity contribution in [3.05, 3.63) is 29.8 Å². The quantitative estimate of drug-likeness (QED) is 0.487. The molecular weight excluding hydrogens is 271 g/mol. The third kappa shape index (κ3) is 6.70. The molecule has 0 bridgehead atoms. The Bertz CT molecular complexity index is 347. The van der Waals surface area contributed by atoms with E-state index in [4.69, 9.17) is 9.47 Å². The number of rotatable bonds is 7. The standard InChI is InChI=1S/C11H15BF3O2.K/c1-2-16-7-8-17-9-10-5-3-4-6-11(10)12(13,14)15;/h3-6H,2,7-9H2,1H3;/q-1;+1. The van der Waals surface area contributed by atoms with E-state index in [0.717, 1.165) is 6.07 Å². The fraction of sp³-hybridized carbons (Fsp3) is 0.455. The monoisotopic (exact) mass is 286 g/mol. The molecule has 2 nitrogen and oxygen atoms in total. The number of ether oxygens (including phenoxy) is 2. The molecule has 0 aliphatic rings. The van der Waals surface area contributed by atoms with Crippen molar-refractivity contribution in [2.75, 3.05) is 19.8 Å². The minimum atomic E-state index is -4.98. The second-order valence-electron chi connectivity index (χ2n) is 3.52. The Morgan fingerprint density at radius 2 is 1.67 bits per heavy atom. The summed E-state index contributed by atoms with van der Waals surface area (Å²) in [5.74, 6) is 0. The predicted octanol–water partition coefficient (Wildman–Crippen LogP) is -0.702. The second-order valence-corrected chi connectivity index (χ2v) is 3.52. The molecule has 0 amide bonds. The van der Waals surface area contributed by atoms with Crippen LogP contribution < -0.4 is 56.8 Å². The maximum absolute atomic E-state index is 12.7. The molecule has 0 unspecified atom stereocenters. The minimum absolute atomic E-state index is 0. The number of hydrogen-bond donors (Lipinski definition) is 0. The van der Waals surface area contributed by atoms with Crippen LogP contribution in [-0.2, 0) is 16.1 Å². The van der Waals surface area contributed by atoms with Crippen LogP contribution >= 0.6 is 0 Å². The molecule has 0 fully saturated rings. The number of hydrogen-bond acceptors (Lipinski definition) is 2. The van der Waals surface area contributed by atoms with E-state index in [1.165, 1.54) is 12.1 Å². The van der Waals surface area contributed by atoms with Gasteiger partial charge in [-0.15, -0.1) is 5.46 Å². The smallest absolute Gasteiger partial charge is 0.445 e. The van der Waals surface area contributed by atoms with E-state index in [1.54, 1.807) is 6.07 Å². The Morgan fingerprint density at radius 3 is 2.28 bits per heavy atom. The Hall–Kier alpha value is 0.631. The maximum atomic E-state index is 12.7. The van der Waals surface area contributed by atoms with Crippen molar-refractivity contribution >= 4 is 12.4 Å². The second kappa shape index (κ2) is 9.52. The predicted molar refractivity (Wildman–Crippen MR) is 61.3 cm³/mol. The molecule has 0 heterocycles. The van der Waals surface area contributed by atoms with Gasteiger partial charge in [0.25, 0.3) is 0 Å². The van der Waals surface area contributed by atoms with E-state index >= 15 is 0 Å². The van der Waals surface area contributed by atoms with Crippen molar-refractivity contribution in [2.45, 2.75) is 13.5 Å². The zero-order valence-corrected chi connectivity index (χ0v) is 13.8. The van der Waals surface area contributed by atoms with Gasteiger partial charge in [-0.25, -0.2) is 0 Å². The third-order valence-electron chi connectivity index (χ3n) is 2.24. The van der Waals surface area contributed by atoms with Gasteiger partial charge in [-0.1, -0.05) is 24.3 Å². The van der Waals surface area contributed by atoms with Crippen molar-refractivity contribution in [3.63, 3.8) is 0 Å². The van der Waals surface area contributed by atoms with Crippen LogP contribution in [0.3, 0.4) is 0 Å². The summed E-state index contributed by atoms with van der Waals surface area (Å²) < 4.78 is 48.1. The van der Waals surface area contributed by atoms with Gasteiger partial charge in [-0.3, -0.25) is 0 Å². The van der Waals surface area contributed by atoms with Gasteiger partial charge in [-0.05, 0) is 12.5 Å². The van der Waals surface area contributed by atoms with E-state index in [9.17, 15) is 12.9 Å². The van der Waals surface area contributed by atoms with Crippen molar-refractivity contribution < 1.29 is 73.8 Å². The van der Waals surface area contributed by atoms with Gasteiger partial charge in [-0.2, -0.15) is 0 Å². The average Bonchev–Trinajstić information content (AvgIpc) is 2.28. The topological polar surface area (TPSA) is 18.5 Å². The van der Waals surface area contributed by atoms with E-state index in [2.05, 4.69) is 0 Å². The normalized spacial score (nSPS) is 11.1. The SMILES string of the molecule is CCOCCOCc1ccccc1[B-](F)(F)F.[K+]. The molecule has 0 radical (unpaired) electrons. The van der Waals surface area contributed by atoms with Crippen LogP contribution in [0.1, 0.15) is 12.5 Å². The van der Waals surface area contributed by atoms with E-state index in [-0.39, 0.29) is 63.6 Å². The molecule has 1 aromatic rings. The van der Waals surface area contributed by atoms with Gasteiger partial charge in [0.2, 0.25) is 0 Å². The van der Waals surface area contributed by atoms with E-state index in [1.807, 2.05) is 6.92 Å². The first kappa shape index (κ1) is 18.6. The molecular formula is C11H15BF3KO2. The number of halogens is 3. The average molecular weight is 286 g/mol. The largest absolute Gasteiger partial charge is 1.00 e. The molecule has 96 valence electrons. The van der Waals surface area contributed by atoms with E-state index < -0.39 is 12.4 Å². The van der Waals surface area contributed by atoms with Gasteiger partial charge in [0.1, 0.15) is 0 Å². The third-order valence-corrected chi connectivity index (χ3v) is 2.24. The summed E-state index contributed by atoms with van der Waals surface area (Å²) >= 11 is 0. The Kier molecular flexibility index (Phi) is 9.86. The fourth-order valence-corrected chi connectivity index (χ4v) is 1.43. The molecule has 18 heavy (non-hydrogen) atoms. The molecule has 0 spiro atoms. The van der Waals surface area contributed by atoms with Crippen LogP contribution in [0.25, 0.3) is 0 Å². The molecule has 0 saturated heterocycles. The van der Waals surface area contributed by atoms with Crippen LogP contribution in [0.5, 0.6) is 0 Å². The van der Waals surface area contributed by atoms with Crippen LogP contribution in [0.15, 0.2) is 24.3 Å². The summed E-state index contributed by atoms with van der Waals surface area (Å²) in [6.07, 6.45) is 0. The molecule has 0 N–H and O–H groups in total. The van der Waals surface area contributed by atoms with Crippen molar-refractivity contribution in [3.8, 4) is 0 Å². The molecule has 0 aromatic heterocycles. The summed E-state index contributed by atoms with van der Waals surface area (Å²) in [4.78, 5) is 0. The summed E-state index contributed by atoms with van der Waals surface area (Å²) in [6.45, 7) is -1.89. The van der Waals surface area contributed by atoms with Crippen LogP contribution in [0.2, 0.25) is 0 Å². The summed E-state index contributed by atoms with van der Waals surface area (Å²) in [5.41, 5.74) is -0.402. The Balaban J connectivity index is 0.00000289. The first-order valence-corrected chi connectivity index (χ1v) is 5.49. The van der Waals surface area contributed by atoms with Crippen LogP contribution in [-0.4, -0.2) is 26.8 Å². The zero-order valence-electron chi connectivity index (χ0n) is 10.7. The molecule has 0 atom stereocenters. The Labute approximate surface area is 148 Å². The van der Waals surface area contributed by atoms with E-state index in [0.29, 0.717) is 19.8 Å². The van der Waals surface area contributed by atoms with Crippen LogP contribution in [0, 0.1) is 0 Å². The Morgan fingerprint density at radius 1 is 1.06 bits per heavy atom. The maximum Gasteiger partial charge on any atom is 1.00 e. The van der Waals surface area contributed by atoms with Gasteiger partial charge >= 0.3 is 58.4 Å². The minimum Gasteiger partial charge on any atom is -0.445 e. The number of benzene rings is 1. The molecule has 1 aromatic carbocycles. The summed E-state index contributed by atoms with van der Waals surface area (Å²) in [5, 5.41) is 0. The van der Waals surface area contributed by atoms with Crippen molar-refractivity contribution in [1.82, 2.24) is 0 Å².